The summed E-state index contributed by atoms with van der Waals surface area (Å²) in [5, 5.41) is 0. The largest absolute Gasteiger partial charge is 0.573 e. The lowest BCUT2D eigenvalue weighted by molar-refractivity contribution is -0.274. The van der Waals surface area contributed by atoms with E-state index in [1.807, 2.05) is 45.0 Å². The molecule has 1 saturated heterocycles. The van der Waals surface area contributed by atoms with Gasteiger partial charge in [0.1, 0.15) is 16.9 Å². The number of hydrogen-bond donors (Lipinski definition) is 0. The van der Waals surface area contributed by atoms with Crippen molar-refractivity contribution in [1.82, 2.24) is 9.80 Å². The molecule has 3 rings (SSSR count). The van der Waals surface area contributed by atoms with Crippen molar-refractivity contribution in [2.75, 3.05) is 32.8 Å². The molecule has 10 heteroatoms. The molecule has 1 heterocycles. The first-order valence-corrected chi connectivity index (χ1v) is 11.7. The lowest BCUT2D eigenvalue weighted by Crippen LogP contribution is -2.49. The van der Waals surface area contributed by atoms with E-state index >= 15 is 0 Å². The molecule has 2 aromatic rings. The zero-order valence-electron chi connectivity index (χ0n) is 20.9. The Morgan fingerprint density at radius 3 is 2.22 bits per heavy atom. The van der Waals surface area contributed by atoms with Crippen molar-refractivity contribution < 1.29 is 37.0 Å². The normalized spacial score (nSPS) is 14.9. The summed E-state index contributed by atoms with van der Waals surface area (Å²) in [4.78, 5) is 28.5. The molecule has 0 N–H and O–H groups in total. The number of rotatable bonds is 6. The Labute approximate surface area is 208 Å². The Kier molecular flexibility index (Phi) is 8.50. The van der Waals surface area contributed by atoms with Crippen molar-refractivity contribution >= 4 is 12.1 Å². The van der Waals surface area contributed by atoms with Crippen LogP contribution >= 0.6 is 0 Å². The van der Waals surface area contributed by atoms with Gasteiger partial charge in [0.25, 0.3) is 0 Å². The number of nitrogens with zero attached hydrogens (tertiary/aromatic N) is 2. The number of piperazine rings is 1. The molecule has 1 aliphatic rings. The molecule has 2 aromatic carbocycles. The highest BCUT2D eigenvalue weighted by Crippen LogP contribution is 2.32. The van der Waals surface area contributed by atoms with Crippen molar-refractivity contribution in [2.45, 2.75) is 46.2 Å². The second-order valence-corrected chi connectivity index (χ2v) is 9.42. The van der Waals surface area contributed by atoms with Crippen LogP contribution in [0.4, 0.5) is 18.0 Å². The maximum Gasteiger partial charge on any atom is 0.573 e. The van der Waals surface area contributed by atoms with Gasteiger partial charge in [-0.2, -0.15) is 0 Å². The van der Waals surface area contributed by atoms with Crippen LogP contribution in [0, 0.1) is 0 Å². The first-order chi connectivity index (χ1) is 16.8. The molecular formula is C26H31F3N2O5. The number of benzene rings is 2. The number of alkyl halides is 3. The minimum Gasteiger partial charge on any atom is -0.462 e. The minimum atomic E-state index is -4.93. The number of amides is 1. The highest BCUT2D eigenvalue weighted by Gasteiger charge is 2.33. The highest BCUT2D eigenvalue weighted by molar-refractivity contribution is 5.94. The van der Waals surface area contributed by atoms with Crippen molar-refractivity contribution in [3.63, 3.8) is 0 Å². The van der Waals surface area contributed by atoms with Gasteiger partial charge >= 0.3 is 18.4 Å². The van der Waals surface area contributed by atoms with Gasteiger partial charge in [-0.15, -0.1) is 13.2 Å². The van der Waals surface area contributed by atoms with Crippen molar-refractivity contribution in [3.8, 4) is 16.9 Å². The summed E-state index contributed by atoms with van der Waals surface area (Å²) < 4.78 is 52.8. The quantitative estimate of drug-likeness (QED) is 0.482. The van der Waals surface area contributed by atoms with Gasteiger partial charge in [0.2, 0.25) is 0 Å². The smallest absolute Gasteiger partial charge is 0.462 e. The fourth-order valence-corrected chi connectivity index (χ4v) is 3.81. The van der Waals surface area contributed by atoms with Gasteiger partial charge in [-0.1, -0.05) is 24.3 Å². The fourth-order valence-electron chi connectivity index (χ4n) is 3.81. The van der Waals surface area contributed by atoms with Crippen LogP contribution in [0.25, 0.3) is 11.1 Å². The molecule has 0 aliphatic carbocycles. The lowest BCUT2D eigenvalue weighted by Gasteiger charge is -2.35. The molecule has 7 nitrogen and oxygen atoms in total. The van der Waals surface area contributed by atoms with E-state index in [2.05, 4.69) is 9.64 Å². The Bertz CT molecular complexity index is 1070. The molecular weight excluding hydrogens is 477 g/mol. The topological polar surface area (TPSA) is 68.3 Å². The molecule has 0 unspecified atom stereocenters. The number of hydrogen-bond acceptors (Lipinski definition) is 6. The van der Waals surface area contributed by atoms with Gasteiger partial charge in [-0.25, -0.2) is 9.59 Å². The number of halogens is 3. The number of ether oxygens (including phenoxy) is 3. The van der Waals surface area contributed by atoms with Gasteiger partial charge in [0.15, 0.2) is 0 Å². The van der Waals surface area contributed by atoms with E-state index in [-0.39, 0.29) is 18.3 Å². The molecule has 196 valence electrons. The van der Waals surface area contributed by atoms with Crippen LogP contribution in [0.2, 0.25) is 0 Å². The van der Waals surface area contributed by atoms with Crippen LogP contribution in [0.3, 0.4) is 0 Å². The standard InChI is InChI=1S/C26H31F3N2O5/c1-5-34-23(32)21-16-20(9-10-22(21)35-26(27,28)29)19-8-6-7-18(15-19)17-30-11-13-31(14-12-30)24(33)36-25(2,3)4/h6-10,15-16H,5,11-14,17H2,1-4H3. The molecule has 0 bridgehead atoms. The molecule has 1 aliphatic heterocycles. The van der Waals surface area contributed by atoms with Gasteiger partial charge in [0, 0.05) is 32.7 Å². The van der Waals surface area contributed by atoms with Gasteiger partial charge in [-0.3, -0.25) is 4.90 Å². The molecule has 1 fully saturated rings. The van der Waals surface area contributed by atoms with E-state index < -0.39 is 23.7 Å². The summed E-state index contributed by atoms with van der Waals surface area (Å²) in [6.07, 6.45) is -5.25. The summed E-state index contributed by atoms with van der Waals surface area (Å²) in [5.74, 6) is -1.50. The Hall–Kier alpha value is -3.27. The van der Waals surface area contributed by atoms with E-state index in [9.17, 15) is 22.8 Å². The van der Waals surface area contributed by atoms with Crippen LogP contribution in [0.1, 0.15) is 43.6 Å². The Morgan fingerprint density at radius 1 is 0.944 bits per heavy atom. The number of carbonyl (C=O) groups is 2. The molecule has 0 spiro atoms. The Balaban J connectivity index is 1.72. The molecule has 0 saturated carbocycles. The van der Waals surface area contributed by atoms with Crippen LogP contribution in [0.5, 0.6) is 5.75 Å². The SMILES string of the molecule is CCOC(=O)c1cc(-c2cccc(CN3CCN(C(=O)OC(C)(C)C)CC3)c2)ccc1OC(F)(F)F. The fraction of sp³-hybridized carbons (Fsp3) is 0.462. The molecule has 36 heavy (non-hydrogen) atoms. The van der Waals surface area contributed by atoms with Crippen molar-refractivity contribution in [1.29, 1.82) is 0 Å². The summed E-state index contributed by atoms with van der Waals surface area (Å²) in [5.41, 5.74) is 1.45. The lowest BCUT2D eigenvalue weighted by atomic mass is 10.00. The van der Waals surface area contributed by atoms with Gasteiger partial charge in [0.05, 0.1) is 6.61 Å². The number of carbonyl (C=O) groups excluding carboxylic acids is 2. The first-order valence-electron chi connectivity index (χ1n) is 11.7. The van der Waals surface area contributed by atoms with Crippen LogP contribution in [-0.4, -0.2) is 66.6 Å². The van der Waals surface area contributed by atoms with E-state index in [1.165, 1.54) is 12.1 Å². The third kappa shape index (κ3) is 7.87. The predicted octanol–water partition coefficient (Wildman–Crippen LogP) is 5.48. The molecule has 0 radical (unpaired) electrons. The molecule has 0 atom stereocenters. The highest BCUT2D eigenvalue weighted by atomic mass is 19.4. The molecule has 1 amide bonds. The van der Waals surface area contributed by atoms with Crippen LogP contribution in [0.15, 0.2) is 42.5 Å². The maximum absolute atomic E-state index is 12.8. The Morgan fingerprint density at radius 2 is 1.61 bits per heavy atom. The monoisotopic (exact) mass is 508 g/mol. The van der Waals surface area contributed by atoms with Crippen LogP contribution < -0.4 is 4.74 Å². The van der Waals surface area contributed by atoms with E-state index in [0.717, 1.165) is 17.2 Å². The van der Waals surface area contributed by atoms with E-state index in [0.29, 0.717) is 38.3 Å². The first kappa shape index (κ1) is 27.3. The van der Waals surface area contributed by atoms with E-state index in [1.54, 1.807) is 11.8 Å². The van der Waals surface area contributed by atoms with Gasteiger partial charge in [-0.05, 0) is 62.6 Å². The number of esters is 1. The maximum atomic E-state index is 12.8. The summed E-state index contributed by atoms with van der Waals surface area (Å²) in [6, 6.07) is 11.5. The summed E-state index contributed by atoms with van der Waals surface area (Å²) in [7, 11) is 0. The second kappa shape index (κ2) is 11.2. The van der Waals surface area contributed by atoms with Gasteiger partial charge < -0.3 is 19.1 Å². The van der Waals surface area contributed by atoms with Crippen LogP contribution in [-0.2, 0) is 16.0 Å². The predicted molar refractivity (Wildman–Crippen MR) is 128 cm³/mol. The third-order valence-electron chi connectivity index (χ3n) is 5.39. The zero-order chi connectivity index (χ0) is 26.5. The summed E-state index contributed by atoms with van der Waals surface area (Å²) >= 11 is 0. The zero-order valence-corrected chi connectivity index (χ0v) is 20.9. The minimum absolute atomic E-state index is 0.0190. The summed E-state index contributed by atoms with van der Waals surface area (Å²) in [6.45, 7) is 10.2. The third-order valence-corrected chi connectivity index (χ3v) is 5.39. The second-order valence-electron chi connectivity index (χ2n) is 9.42. The van der Waals surface area contributed by atoms with Crippen molar-refractivity contribution in [2.24, 2.45) is 0 Å². The average molecular weight is 509 g/mol. The average Bonchev–Trinajstić information content (AvgIpc) is 2.78. The molecule has 0 aromatic heterocycles. The van der Waals surface area contributed by atoms with E-state index in [4.69, 9.17) is 9.47 Å². The van der Waals surface area contributed by atoms with Crippen molar-refractivity contribution in [3.05, 3.63) is 53.6 Å².